The van der Waals surface area contributed by atoms with Crippen LogP contribution in [0.25, 0.3) is 0 Å². The maximum atomic E-state index is 9.77. The van der Waals surface area contributed by atoms with E-state index in [2.05, 4.69) is 18.2 Å². The Kier molecular flexibility index (Phi) is 8.08. The number of ether oxygens (including phenoxy) is 1. The first kappa shape index (κ1) is 15.5. The van der Waals surface area contributed by atoms with Gasteiger partial charge in [-0.3, -0.25) is 0 Å². The van der Waals surface area contributed by atoms with E-state index in [9.17, 15) is 5.11 Å². The molecule has 1 rings (SSSR count). The molecule has 0 amide bonds. The summed E-state index contributed by atoms with van der Waals surface area (Å²) in [6.45, 7) is 4.17. The fraction of sp³-hybridized carbons (Fsp3) is 0.867. The first-order valence-corrected chi connectivity index (χ1v) is 7.16. The molecule has 3 nitrogen and oxygen atoms in total. The molecule has 0 bridgehead atoms. The zero-order valence-electron chi connectivity index (χ0n) is 11.5. The van der Waals surface area contributed by atoms with Gasteiger partial charge in [-0.2, -0.15) is 0 Å². The number of rotatable bonds is 8. The van der Waals surface area contributed by atoms with Crippen molar-refractivity contribution < 1.29 is 9.84 Å². The number of nitrogens with one attached hydrogen (secondary N) is 1. The van der Waals surface area contributed by atoms with Crippen LogP contribution in [0.3, 0.4) is 0 Å². The molecule has 1 saturated carbocycles. The summed E-state index contributed by atoms with van der Waals surface area (Å²) in [4.78, 5) is 0. The zero-order chi connectivity index (χ0) is 13.2. The lowest BCUT2D eigenvalue weighted by molar-refractivity contribution is -0.0305. The van der Waals surface area contributed by atoms with Crippen LogP contribution in [0.15, 0.2) is 0 Å². The number of aliphatic hydroxyl groups excluding tert-OH is 1. The molecule has 0 aliphatic heterocycles. The molecule has 0 spiro atoms. The van der Waals surface area contributed by atoms with Gasteiger partial charge in [-0.25, -0.2) is 0 Å². The molecular weight excluding hydrogens is 226 g/mol. The van der Waals surface area contributed by atoms with Crippen LogP contribution in [0.2, 0.25) is 0 Å². The van der Waals surface area contributed by atoms with E-state index in [0.29, 0.717) is 19.3 Å². The highest BCUT2D eigenvalue weighted by Gasteiger charge is 2.20. The van der Waals surface area contributed by atoms with Crippen molar-refractivity contribution in [2.24, 2.45) is 5.92 Å². The van der Waals surface area contributed by atoms with E-state index < -0.39 is 6.10 Å². The molecule has 104 valence electrons. The van der Waals surface area contributed by atoms with Crippen molar-refractivity contribution in [1.82, 2.24) is 5.32 Å². The lowest BCUT2D eigenvalue weighted by atomic mass is 9.89. The molecule has 3 atom stereocenters. The summed E-state index contributed by atoms with van der Waals surface area (Å²) in [5.41, 5.74) is 0. The second kappa shape index (κ2) is 9.38. The van der Waals surface area contributed by atoms with Gasteiger partial charge < -0.3 is 15.2 Å². The van der Waals surface area contributed by atoms with E-state index in [4.69, 9.17) is 11.2 Å². The summed E-state index contributed by atoms with van der Waals surface area (Å²) in [5.74, 6) is 3.37. The van der Waals surface area contributed by atoms with Gasteiger partial charge in [0.15, 0.2) is 0 Å². The van der Waals surface area contributed by atoms with Crippen LogP contribution < -0.4 is 5.32 Å². The molecule has 1 fully saturated rings. The largest absolute Gasteiger partial charge is 0.389 e. The average molecular weight is 253 g/mol. The first-order valence-electron chi connectivity index (χ1n) is 7.16. The molecule has 0 radical (unpaired) electrons. The predicted molar refractivity (Wildman–Crippen MR) is 74.3 cm³/mol. The van der Waals surface area contributed by atoms with Crippen LogP contribution in [0.4, 0.5) is 0 Å². The summed E-state index contributed by atoms with van der Waals surface area (Å²) < 4.78 is 5.77. The summed E-state index contributed by atoms with van der Waals surface area (Å²) in [6, 6.07) is 0. The third-order valence-corrected chi connectivity index (χ3v) is 3.47. The van der Waals surface area contributed by atoms with E-state index in [1.54, 1.807) is 0 Å². The van der Waals surface area contributed by atoms with Crippen LogP contribution in [-0.4, -0.2) is 37.0 Å². The van der Waals surface area contributed by atoms with Crippen LogP contribution in [-0.2, 0) is 4.74 Å². The van der Waals surface area contributed by atoms with Crippen molar-refractivity contribution in [1.29, 1.82) is 0 Å². The van der Waals surface area contributed by atoms with Gasteiger partial charge in [0.25, 0.3) is 0 Å². The predicted octanol–water partition coefficient (Wildman–Crippen LogP) is 1.95. The lowest BCUT2D eigenvalue weighted by Crippen LogP contribution is -2.33. The summed E-state index contributed by atoms with van der Waals surface area (Å²) >= 11 is 0. The maximum absolute atomic E-state index is 9.77. The summed E-state index contributed by atoms with van der Waals surface area (Å²) in [6.07, 6.45) is 11.7. The highest BCUT2D eigenvalue weighted by Crippen LogP contribution is 2.25. The Morgan fingerprint density at radius 3 is 3.06 bits per heavy atom. The highest BCUT2D eigenvalue weighted by atomic mass is 16.5. The fourth-order valence-electron chi connectivity index (χ4n) is 2.42. The number of hydrogen-bond donors (Lipinski definition) is 2. The molecule has 1 aliphatic carbocycles. The van der Waals surface area contributed by atoms with Gasteiger partial charge in [-0.15, -0.1) is 12.3 Å². The molecule has 0 aromatic rings. The third kappa shape index (κ3) is 7.00. The molecular formula is C15H27NO2. The highest BCUT2D eigenvalue weighted by molar-refractivity contribution is 4.83. The Morgan fingerprint density at radius 1 is 1.50 bits per heavy atom. The second-order valence-electron chi connectivity index (χ2n) is 5.39. The van der Waals surface area contributed by atoms with Crippen LogP contribution >= 0.6 is 0 Å². The van der Waals surface area contributed by atoms with Gasteiger partial charge in [0.05, 0.1) is 18.8 Å². The average Bonchev–Trinajstić information content (AvgIpc) is 2.36. The van der Waals surface area contributed by atoms with Crippen molar-refractivity contribution >= 4 is 0 Å². The third-order valence-electron chi connectivity index (χ3n) is 3.47. The van der Waals surface area contributed by atoms with Gasteiger partial charge in [0.2, 0.25) is 0 Å². The van der Waals surface area contributed by atoms with E-state index in [1.165, 1.54) is 12.8 Å². The molecule has 1 aliphatic rings. The van der Waals surface area contributed by atoms with Crippen molar-refractivity contribution in [3.05, 3.63) is 0 Å². The summed E-state index contributed by atoms with van der Waals surface area (Å²) in [5, 5.41) is 13.0. The Labute approximate surface area is 111 Å². The standard InChI is InChI=1S/C15H27NO2/c1-3-4-5-9-16-11-14(17)12-18-15-8-6-7-13(2)10-15/h1,13-17H,4-12H2,2H3. The van der Waals surface area contributed by atoms with Gasteiger partial charge in [-0.05, 0) is 31.7 Å². The Hall–Kier alpha value is -0.560. The number of terminal acetylenes is 1. The number of hydrogen-bond acceptors (Lipinski definition) is 3. The minimum Gasteiger partial charge on any atom is -0.389 e. The van der Waals surface area contributed by atoms with E-state index >= 15 is 0 Å². The normalized spacial score (nSPS) is 25.6. The smallest absolute Gasteiger partial charge is 0.0897 e. The van der Waals surface area contributed by atoms with Gasteiger partial charge in [0.1, 0.15) is 0 Å². The molecule has 3 heteroatoms. The minimum absolute atomic E-state index is 0.352. The van der Waals surface area contributed by atoms with Crippen LogP contribution in [0.5, 0.6) is 0 Å². The van der Waals surface area contributed by atoms with Gasteiger partial charge in [0, 0.05) is 13.0 Å². The van der Waals surface area contributed by atoms with Gasteiger partial charge in [-0.1, -0.05) is 19.8 Å². The summed E-state index contributed by atoms with van der Waals surface area (Å²) in [7, 11) is 0. The number of aliphatic hydroxyl groups is 1. The molecule has 0 saturated heterocycles. The van der Waals surface area contributed by atoms with Gasteiger partial charge >= 0.3 is 0 Å². The number of unbranched alkanes of at least 4 members (excludes halogenated alkanes) is 1. The Morgan fingerprint density at radius 2 is 2.33 bits per heavy atom. The molecule has 18 heavy (non-hydrogen) atoms. The topological polar surface area (TPSA) is 41.5 Å². The van der Waals surface area contributed by atoms with E-state index in [-0.39, 0.29) is 0 Å². The molecule has 3 unspecified atom stereocenters. The monoisotopic (exact) mass is 253 g/mol. The van der Waals surface area contributed by atoms with Crippen molar-refractivity contribution in [3.8, 4) is 12.3 Å². The second-order valence-corrected chi connectivity index (χ2v) is 5.39. The first-order chi connectivity index (χ1) is 8.72. The SMILES string of the molecule is C#CCCCNCC(O)COC1CCCC(C)C1. The molecule has 2 N–H and O–H groups in total. The zero-order valence-corrected chi connectivity index (χ0v) is 11.5. The quantitative estimate of drug-likeness (QED) is 0.513. The lowest BCUT2D eigenvalue weighted by Gasteiger charge is -2.27. The van der Waals surface area contributed by atoms with E-state index in [0.717, 1.165) is 38.1 Å². The van der Waals surface area contributed by atoms with E-state index in [1.807, 2.05) is 0 Å². The van der Waals surface area contributed by atoms with Crippen molar-refractivity contribution in [3.63, 3.8) is 0 Å². The molecule has 0 aromatic heterocycles. The Balaban J connectivity index is 1.99. The Bertz CT molecular complexity index is 249. The van der Waals surface area contributed by atoms with Crippen molar-refractivity contribution in [2.75, 3.05) is 19.7 Å². The fourth-order valence-corrected chi connectivity index (χ4v) is 2.42. The molecule has 0 heterocycles. The van der Waals surface area contributed by atoms with Crippen LogP contribution in [0, 0.1) is 18.3 Å². The minimum atomic E-state index is -0.409. The molecule has 0 aromatic carbocycles. The van der Waals surface area contributed by atoms with Crippen molar-refractivity contribution in [2.45, 2.75) is 57.7 Å². The van der Waals surface area contributed by atoms with Crippen LogP contribution in [0.1, 0.15) is 45.4 Å². The maximum Gasteiger partial charge on any atom is 0.0897 e.